The molecule has 6 heteroatoms. The SMILES string of the molecule is CCOc1ccc(-c2cc3cccnc3n2C(=N)SC=N)cc1. The summed E-state index contributed by atoms with van der Waals surface area (Å²) in [4.78, 5) is 4.39. The number of hydrogen-bond donors (Lipinski definition) is 2. The van der Waals surface area contributed by atoms with Gasteiger partial charge in [0.1, 0.15) is 11.4 Å². The summed E-state index contributed by atoms with van der Waals surface area (Å²) >= 11 is 1.05. The quantitative estimate of drug-likeness (QED) is 0.557. The minimum atomic E-state index is 0.248. The van der Waals surface area contributed by atoms with Gasteiger partial charge in [-0.1, -0.05) is 0 Å². The van der Waals surface area contributed by atoms with Crippen molar-refractivity contribution < 1.29 is 4.74 Å². The molecule has 0 radical (unpaired) electrons. The van der Waals surface area contributed by atoms with Crippen LogP contribution in [0.25, 0.3) is 22.3 Å². The molecule has 116 valence electrons. The van der Waals surface area contributed by atoms with Crippen molar-refractivity contribution >= 4 is 33.5 Å². The van der Waals surface area contributed by atoms with Crippen LogP contribution in [0, 0.1) is 10.8 Å². The highest BCUT2D eigenvalue weighted by Gasteiger charge is 2.15. The summed E-state index contributed by atoms with van der Waals surface area (Å²) < 4.78 is 7.24. The Bertz CT molecular complexity index is 855. The molecule has 23 heavy (non-hydrogen) atoms. The van der Waals surface area contributed by atoms with Crippen LogP contribution in [0.5, 0.6) is 5.75 Å². The number of rotatable bonds is 4. The molecule has 5 nitrogen and oxygen atoms in total. The smallest absolute Gasteiger partial charge is 0.172 e. The second kappa shape index (κ2) is 6.66. The lowest BCUT2D eigenvalue weighted by Gasteiger charge is -2.10. The van der Waals surface area contributed by atoms with Gasteiger partial charge >= 0.3 is 0 Å². The number of aromatic nitrogens is 2. The highest BCUT2D eigenvalue weighted by molar-refractivity contribution is 8.24. The number of hydrogen-bond acceptors (Lipinski definition) is 5. The minimum Gasteiger partial charge on any atom is -0.494 e. The number of nitrogens with one attached hydrogen (secondary N) is 2. The first kappa shape index (κ1) is 15.3. The van der Waals surface area contributed by atoms with Crippen molar-refractivity contribution in [2.45, 2.75) is 6.92 Å². The maximum Gasteiger partial charge on any atom is 0.172 e. The van der Waals surface area contributed by atoms with Crippen LogP contribution < -0.4 is 4.74 Å². The van der Waals surface area contributed by atoms with Crippen molar-refractivity contribution in [3.8, 4) is 17.0 Å². The molecule has 0 spiro atoms. The fourth-order valence-corrected chi connectivity index (χ4v) is 2.85. The predicted molar refractivity (Wildman–Crippen MR) is 95.8 cm³/mol. The Kier molecular flexibility index (Phi) is 4.43. The van der Waals surface area contributed by atoms with Crippen molar-refractivity contribution in [2.75, 3.05) is 6.61 Å². The van der Waals surface area contributed by atoms with Crippen LogP contribution >= 0.6 is 11.8 Å². The molecule has 0 aliphatic carbocycles. The van der Waals surface area contributed by atoms with Crippen molar-refractivity contribution in [2.24, 2.45) is 0 Å². The highest BCUT2D eigenvalue weighted by Crippen LogP contribution is 2.29. The molecule has 0 atom stereocenters. The molecule has 2 heterocycles. The van der Waals surface area contributed by atoms with Crippen molar-refractivity contribution in [1.29, 1.82) is 10.8 Å². The zero-order valence-electron chi connectivity index (χ0n) is 12.6. The molecule has 3 rings (SSSR count). The molecule has 2 aromatic heterocycles. The summed E-state index contributed by atoms with van der Waals surface area (Å²) in [6, 6.07) is 13.6. The summed E-state index contributed by atoms with van der Waals surface area (Å²) in [5, 5.41) is 16.7. The maximum absolute atomic E-state index is 8.24. The van der Waals surface area contributed by atoms with Crippen molar-refractivity contribution in [1.82, 2.24) is 9.55 Å². The second-order valence-corrected chi connectivity index (χ2v) is 5.64. The first-order chi connectivity index (χ1) is 11.2. The van der Waals surface area contributed by atoms with Gasteiger partial charge in [0, 0.05) is 11.6 Å². The zero-order valence-corrected chi connectivity index (χ0v) is 13.4. The summed E-state index contributed by atoms with van der Waals surface area (Å²) in [5.74, 6) is 0.820. The lowest BCUT2D eigenvalue weighted by Crippen LogP contribution is -2.08. The second-order valence-electron chi connectivity index (χ2n) is 4.78. The Morgan fingerprint density at radius 1 is 1.30 bits per heavy atom. The van der Waals surface area contributed by atoms with Gasteiger partial charge in [0.25, 0.3) is 0 Å². The van der Waals surface area contributed by atoms with E-state index in [1.54, 1.807) is 10.8 Å². The van der Waals surface area contributed by atoms with E-state index in [-0.39, 0.29) is 5.17 Å². The Morgan fingerprint density at radius 3 is 2.78 bits per heavy atom. The molecular formula is C17H16N4OS. The Morgan fingerprint density at radius 2 is 2.09 bits per heavy atom. The summed E-state index contributed by atoms with van der Waals surface area (Å²) in [6.45, 7) is 2.58. The summed E-state index contributed by atoms with van der Waals surface area (Å²) in [6.07, 6.45) is 1.71. The Hall–Kier alpha value is -2.60. The van der Waals surface area contributed by atoms with Gasteiger partial charge in [0.2, 0.25) is 0 Å². The number of fused-ring (bicyclic) bond motifs is 1. The van der Waals surface area contributed by atoms with E-state index in [1.165, 1.54) is 0 Å². The van der Waals surface area contributed by atoms with E-state index in [0.717, 1.165) is 45.3 Å². The van der Waals surface area contributed by atoms with Crippen LogP contribution in [0.4, 0.5) is 0 Å². The van der Waals surface area contributed by atoms with E-state index < -0.39 is 0 Å². The van der Waals surface area contributed by atoms with Gasteiger partial charge in [-0.15, -0.1) is 0 Å². The van der Waals surface area contributed by atoms with Crippen LogP contribution in [-0.4, -0.2) is 26.9 Å². The first-order valence-electron chi connectivity index (χ1n) is 7.19. The zero-order chi connectivity index (χ0) is 16.2. The summed E-state index contributed by atoms with van der Waals surface area (Å²) in [5.41, 5.74) is 3.72. The van der Waals surface area contributed by atoms with Gasteiger partial charge in [0.15, 0.2) is 5.17 Å². The van der Waals surface area contributed by atoms with E-state index in [1.807, 2.05) is 49.4 Å². The van der Waals surface area contributed by atoms with Crippen LogP contribution in [0.15, 0.2) is 48.7 Å². The largest absolute Gasteiger partial charge is 0.494 e. The van der Waals surface area contributed by atoms with E-state index >= 15 is 0 Å². The fraction of sp³-hybridized carbons (Fsp3) is 0.118. The average Bonchev–Trinajstić information content (AvgIpc) is 2.95. The van der Waals surface area contributed by atoms with Crippen molar-refractivity contribution in [3.05, 3.63) is 48.7 Å². The van der Waals surface area contributed by atoms with E-state index in [0.29, 0.717) is 6.61 Å². The van der Waals surface area contributed by atoms with Gasteiger partial charge in [0.05, 0.1) is 17.8 Å². The third-order valence-corrected chi connectivity index (χ3v) is 3.92. The third-order valence-electron chi connectivity index (χ3n) is 3.40. The molecule has 0 aliphatic heterocycles. The predicted octanol–water partition coefficient (Wildman–Crippen LogP) is 4.23. The standard InChI is InChI=1S/C17H16N4OS/c1-2-22-14-7-5-12(6-8-14)15-10-13-4-3-9-20-16(13)21(15)17(19)23-11-18/h3-11,18-19H,2H2,1H3. The molecule has 0 fully saturated rings. The molecule has 0 aliphatic rings. The van der Waals surface area contributed by atoms with E-state index in [9.17, 15) is 0 Å². The molecular weight excluding hydrogens is 308 g/mol. The Labute approximate surface area is 138 Å². The third kappa shape index (κ3) is 2.98. The number of benzene rings is 1. The monoisotopic (exact) mass is 324 g/mol. The van der Waals surface area contributed by atoms with Crippen LogP contribution in [0.3, 0.4) is 0 Å². The van der Waals surface area contributed by atoms with Crippen molar-refractivity contribution in [3.63, 3.8) is 0 Å². The molecule has 0 unspecified atom stereocenters. The van der Waals surface area contributed by atoms with E-state index in [4.69, 9.17) is 15.6 Å². The van der Waals surface area contributed by atoms with Crippen LogP contribution in [-0.2, 0) is 0 Å². The number of ether oxygens (including phenoxy) is 1. The van der Waals surface area contributed by atoms with Crippen LogP contribution in [0.1, 0.15) is 6.92 Å². The number of thioether (sulfide) groups is 1. The average molecular weight is 324 g/mol. The van der Waals surface area contributed by atoms with Gasteiger partial charge in [-0.25, -0.2) is 4.98 Å². The lowest BCUT2D eigenvalue weighted by atomic mass is 10.1. The molecule has 2 N–H and O–H groups in total. The molecule has 0 saturated heterocycles. The van der Waals surface area contributed by atoms with E-state index in [2.05, 4.69) is 4.98 Å². The molecule has 1 aromatic carbocycles. The Balaban J connectivity index is 2.13. The maximum atomic E-state index is 8.24. The molecule has 3 aromatic rings. The first-order valence-corrected chi connectivity index (χ1v) is 8.06. The summed E-state index contributed by atoms with van der Waals surface area (Å²) in [7, 11) is 0. The molecule has 0 saturated carbocycles. The lowest BCUT2D eigenvalue weighted by molar-refractivity contribution is 0.340. The fourth-order valence-electron chi connectivity index (χ4n) is 2.45. The number of pyridine rings is 1. The molecule has 0 bridgehead atoms. The van der Waals surface area contributed by atoms with Crippen LogP contribution in [0.2, 0.25) is 0 Å². The minimum absolute atomic E-state index is 0.248. The number of nitrogens with zero attached hydrogens (tertiary/aromatic N) is 2. The van der Waals surface area contributed by atoms with Gasteiger partial charge in [-0.3, -0.25) is 9.98 Å². The highest BCUT2D eigenvalue weighted by atomic mass is 32.2. The molecule has 0 amide bonds. The normalized spacial score (nSPS) is 10.7. The topological polar surface area (TPSA) is 74.8 Å². The van der Waals surface area contributed by atoms with Gasteiger partial charge < -0.3 is 10.1 Å². The van der Waals surface area contributed by atoms with Gasteiger partial charge in [-0.2, -0.15) is 0 Å². The van der Waals surface area contributed by atoms with Gasteiger partial charge in [-0.05, 0) is 66.7 Å².